The monoisotopic (exact) mass is 375 g/mol. The molecular formula is C13H15Br2NO2. The van der Waals surface area contributed by atoms with Crippen LogP contribution in [0.5, 0.6) is 5.75 Å². The number of hydrogen-bond donors (Lipinski definition) is 1. The molecule has 1 fully saturated rings. The van der Waals surface area contributed by atoms with Crippen molar-refractivity contribution in [1.29, 1.82) is 0 Å². The first-order chi connectivity index (χ1) is 8.56. The van der Waals surface area contributed by atoms with Gasteiger partial charge in [0.05, 0.1) is 4.47 Å². The van der Waals surface area contributed by atoms with Crippen LogP contribution in [0.2, 0.25) is 0 Å². The Hall–Kier alpha value is -0.550. The van der Waals surface area contributed by atoms with Gasteiger partial charge < -0.3 is 10.1 Å². The highest BCUT2D eigenvalue weighted by molar-refractivity contribution is 9.11. The Kier molecular flexibility index (Phi) is 4.67. The summed E-state index contributed by atoms with van der Waals surface area (Å²) in [6, 6.07) is 5.85. The van der Waals surface area contributed by atoms with E-state index in [1.165, 1.54) is 12.8 Å². The van der Waals surface area contributed by atoms with Crippen molar-refractivity contribution in [3.8, 4) is 5.75 Å². The molecule has 0 aromatic heterocycles. The fraction of sp³-hybridized carbons (Fsp3) is 0.462. The number of benzene rings is 1. The summed E-state index contributed by atoms with van der Waals surface area (Å²) < 4.78 is 7.27. The number of nitrogens with one attached hydrogen (secondary N) is 1. The molecule has 0 aliphatic heterocycles. The zero-order valence-corrected chi connectivity index (χ0v) is 13.3. The van der Waals surface area contributed by atoms with Crippen molar-refractivity contribution in [2.45, 2.75) is 25.8 Å². The molecule has 1 N–H and O–H groups in total. The Morgan fingerprint density at radius 1 is 1.50 bits per heavy atom. The Balaban J connectivity index is 1.81. The van der Waals surface area contributed by atoms with Crippen molar-refractivity contribution in [1.82, 2.24) is 5.32 Å². The van der Waals surface area contributed by atoms with E-state index in [1.807, 2.05) is 25.1 Å². The Morgan fingerprint density at radius 3 is 2.83 bits per heavy atom. The van der Waals surface area contributed by atoms with E-state index in [0.717, 1.165) is 8.95 Å². The predicted octanol–water partition coefficient (Wildman–Crippen LogP) is 3.51. The van der Waals surface area contributed by atoms with Gasteiger partial charge in [0, 0.05) is 10.5 Å². The van der Waals surface area contributed by atoms with Crippen molar-refractivity contribution in [3.63, 3.8) is 0 Å². The second-order valence-corrected chi connectivity index (χ2v) is 6.33. The lowest BCUT2D eigenvalue weighted by atomic mass is 10.2. The lowest BCUT2D eigenvalue weighted by molar-refractivity contribution is -0.123. The molecule has 98 valence electrons. The van der Waals surface area contributed by atoms with E-state index in [9.17, 15) is 4.79 Å². The summed E-state index contributed by atoms with van der Waals surface area (Å²) in [5.41, 5.74) is 0. The SMILES string of the molecule is C[C@H](NC(=O)COc1ccc(Br)cc1Br)C1CC1. The molecular weight excluding hydrogens is 362 g/mol. The molecule has 1 atom stereocenters. The maximum absolute atomic E-state index is 11.7. The molecule has 3 nitrogen and oxygen atoms in total. The van der Waals surface area contributed by atoms with E-state index in [4.69, 9.17) is 4.74 Å². The smallest absolute Gasteiger partial charge is 0.258 e. The highest BCUT2D eigenvalue weighted by atomic mass is 79.9. The molecule has 2 rings (SSSR count). The van der Waals surface area contributed by atoms with Crippen LogP contribution in [0.4, 0.5) is 0 Å². The van der Waals surface area contributed by atoms with Crippen LogP contribution in [-0.2, 0) is 4.79 Å². The third-order valence-electron chi connectivity index (χ3n) is 2.97. The number of hydrogen-bond acceptors (Lipinski definition) is 2. The highest BCUT2D eigenvalue weighted by Crippen LogP contribution is 2.32. The van der Waals surface area contributed by atoms with Crippen LogP contribution in [0.3, 0.4) is 0 Å². The highest BCUT2D eigenvalue weighted by Gasteiger charge is 2.28. The van der Waals surface area contributed by atoms with Gasteiger partial charge in [-0.25, -0.2) is 0 Å². The molecule has 1 aliphatic carbocycles. The van der Waals surface area contributed by atoms with Crippen LogP contribution in [0, 0.1) is 5.92 Å². The van der Waals surface area contributed by atoms with Crippen molar-refractivity contribution in [3.05, 3.63) is 27.1 Å². The quantitative estimate of drug-likeness (QED) is 0.853. The van der Waals surface area contributed by atoms with Crippen LogP contribution in [-0.4, -0.2) is 18.6 Å². The minimum Gasteiger partial charge on any atom is -0.483 e. The Morgan fingerprint density at radius 2 is 2.22 bits per heavy atom. The van der Waals surface area contributed by atoms with E-state index in [-0.39, 0.29) is 18.6 Å². The van der Waals surface area contributed by atoms with Crippen LogP contribution < -0.4 is 10.1 Å². The van der Waals surface area contributed by atoms with Gasteiger partial charge in [0.2, 0.25) is 0 Å². The van der Waals surface area contributed by atoms with E-state index in [1.54, 1.807) is 0 Å². The zero-order valence-electron chi connectivity index (χ0n) is 10.1. The number of amides is 1. The third-order valence-corrected chi connectivity index (χ3v) is 4.08. The topological polar surface area (TPSA) is 38.3 Å². The van der Waals surface area contributed by atoms with E-state index < -0.39 is 0 Å². The van der Waals surface area contributed by atoms with Gasteiger partial charge in [0.25, 0.3) is 5.91 Å². The van der Waals surface area contributed by atoms with Crippen LogP contribution in [0.1, 0.15) is 19.8 Å². The molecule has 1 amide bonds. The molecule has 0 radical (unpaired) electrons. The van der Waals surface area contributed by atoms with Crippen LogP contribution in [0.15, 0.2) is 27.1 Å². The molecule has 0 bridgehead atoms. The predicted molar refractivity (Wildman–Crippen MR) is 77.7 cm³/mol. The normalized spacial score (nSPS) is 16.2. The maximum Gasteiger partial charge on any atom is 0.258 e. The van der Waals surface area contributed by atoms with Crippen LogP contribution >= 0.6 is 31.9 Å². The number of rotatable bonds is 5. The molecule has 0 unspecified atom stereocenters. The second kappa shape index (κ2) is 6.06. The fourth-order valence-electron chi connectivity index (χ4n) is 1.75. The van der Waals surface area contributed by atoms with E-state index in [2.05, 4.69) is 37.2 Å². The van der Waals surface area contributed by atoms with Gasteiger partial charge in [-0.2, -0.15) is 0 Å². The van der Waals surface area contributed by atoms with Crippen molar-refractivity contribution in [2.75, 3.05) is 6.61 Å². The van der Waals surface area contributed by atoms with Gasteiger partial charge in [-0.05, 0) is 59.8 Å². The standard InChI is InChI=1S/C13H15Br2NO2/c1-8(9-2-3-9)16-13(17)7-18-12-5-4-10(14)6-11(12)15/h4-6,8-9H,2-3,7H2,1H3,(H,16,17)/t8-/m0/s1. The number of ether oxygens (including phenoxy) is 1. The minimum absolute atomic E-state index is 0.0529. The maximum atomic E-state index is 11.7. The lowest BCUT2D eigenvalue weighted by Crippen LogP contribution is -2.37. The molecule has 1 aromatic carbocycles. The molecule has 0 saturated heterocycles. The molecule has 0 heterocycles. The lowest BCUT2D eigenvalue weighted by Gasteiger charge is -2.13. The van der Waals surface area contributed by atoms with E-state index in [0.29, 0.717) is 11.7 Å². The van der Waals surface area contributed by atoms with Gasteiger partial charge in [0.1, 0.15) is 5.75 Å². The van der Waals surface area contributed by atoms with Gasteiger partial charge >= 0.3 is 0 Å². The summed E-state index contributed by atoms with van der Waals surface area (Å²) >= 11 is 6.76. The van der Waals surface area contributed by atoms with Gasteiger partial charge in [-0.1, -0.05) is 15.9 Å². The van der Waals surface area contributed by atoms with Gasteiger partial charge in [-0.15, -0.1) is 0 Å². The second-order valence-electron chi connectivity index (χ2n) is 4.56. The third kappa shape index (κ3) is 3.99. The molecule has 18 heavy (non-hydrogen) atoms. The molecule has 1 aromatic rings. The number of halogens is 2. The number of carbonyl (C=O) groups excluding carboxylic acids is 1. The Labute approximate surface area is 124 Å². The van der Waals surface area contributed by atoms with Crippen molar-refractivity contribution in [2.24, 2.45) is 5.92 Å². The van der Waals surface area contributed by atoms with Gasteiger partial charge in [-0.3, -0.25) is 4.79 Å². The van der Waals surface area contributed by atoms with E-state index >= 15 is 0 Å². The minimum atomic E-state index is -0.0655. The summed E-state index contributed by atoms with van der Waals surface area (Å²) in [6.45, 7) is 2.10. The first-order valence-corrected chi connectivity index (χ1v) is 7.52. The Bertz CT molecular complexity index is 447. The first kappa shape index (κ1) is 13.9. The molecule has 0 spiro atoms. The summed E-state index contributed by atoms with van der Waals surface area (Å²) in [7, 11) is 0. The average Bonchev–Trinajstić information content (AvgIpc) is 3.11. The average molecular weight is 377 g/mol. The zero-order chi connectivity index (χ0) is 13.1. The summed E-state index contributed by atoms with van der Waals surface area (Å²) in [5, 5.41) is 2.95. The molecule has 5 heteroatoms. The summed E-state index contributed by atoms with van der Waals surface area (Å²) in [4.78, 5) is 11.7. The van der Waals surface area contributed by atoms with Crippen molar-refractivity contribution < 1.29 is 9.53 Å². The largest absolute Gasteiger partial charge is 0.483 e. The summed E-state index contributed by atoms with van der Waals surface area (Å²) in [5.74, 6) is 1.27. The van der Waals surface area contributed by atoms with Crippen LogP contribution in [0.25, 0.3) is 0 Å². The summed E-state index contributed by atoms with van der Waals surface area (Å²) in [6.07, 6.45) is 2.45. The fourth-order valence-corrected chi connectivity index (χ4v) is 2.91. The molecule has 1 aliphatic rings. The van der Waals surface area contributed by atoms with Gasteiger partial charge in [0.15, 0.2) is 6.61 Å². The van der Waals surface area contributed by atoms with Crippen molar-refractivity contribution >= 4 is 37.8 Å². The molecule has 1 saturated carbocycles. The first-order valence-electron chi connectivity index (χ1n) is 5.93. The number of carbonyl (C=O) groups is 1.